The average molecular weight is 339 g/mol. The molecule has 0 aromatic heterocycles. The first-order chi connectivity index (χ1) is 10.3. The highest BCUT2D eigenvalue weighted by Gasteiger charge is 2.00. The molecule has 2 aromatic rings. The van der Waals surface area contributed by atoms with Crippen molar-refractivity contribution in [2.45, 2.75) is 19.6 Å². The molecule has 0 N–H and O–H groups in total. The summed E-state index contributed by atoms with van der Waals surface area (Å²) in [6, 6.07) is 17.1. The van der Waals surface area contributed by atoms with E-state index in [-0.39, 0.29) is 0 Å². The molecule has 5 heteroatoms. The van der Waals surface area contributed by atoms with Crippen LogP contribution in [0.4, 0.5) is 0 Å². The first-order valence-corrected chi connectivity index (χ1v) is 9.22. The Morgan fingerprint density at radius 2 is 0.952 bits per heavy atom. The van der Waals surface area contributed by atoms with Gasteiger partial charge in [0.1, 0.15) is 0 Å². The third kappa shape index (κ3) is 5.96. The van der Waals surface area contributed by atoms with E-state index in [0.717, 1.165) is 0 Å². The smallest absolute Gasteiger partial charge is 0.0963 e. The van der Waals surface area contributed by atoms with Gasteiger partial charge in [-0.15, -0.1) is 0 Å². The predicted octanol–water partition coefficient (Wildman–Crippen LogP) is 5.23. The van der Waals surface area contributed by atoms with Crippen molar-refractivity contribution in [1.29, 1.82) is 0 Å². The number of methoxy groups -OCH3 is 2. The lowest BCUT2D eigenvalue weighted by atomic mass is 10.4. The van der Waals surface area contributed by atoms with Gasteiger partial charge >= 0.3 is 0 Å². The normalized spacial score (nSPS) is 10.8. The molecule has 0 saturated carbocycles. The summed E-state index contributed by atoms with van der Waals surface area (Å²) in [6.45, 7) is 0. The van der Waals surface area contributed by atoms with Crippen LogP contribution in [0, 0.1) is 0 Å². The summed E-state index contributed by atoms with van der Waals surface area (Å²) in [6.07, 6.45) is 0. The molecular formula is C16H18O2S3. The van der Waals surface area contributed by atoms with E-state index >= 15 is 0 Å². The molecule has 2 aromatic carbocycles. The van der Waals surface area contributed by atoms with Gasteiger partial charge in [-0.1, -0.05) is 35.3 Å². The lowest BCUT2D eigenvalue weighted by Crippen LogP contribution is -1.82. The van der Waals surface area contributed by atoms with Crippen LogP contribution in [0.3, 0.4) is 0 Å². The van der Waals surface area contributed by atoms with E-state index in [0.29, 0.717) is 11.9 Å². The fourth-order valence-corrected chi connectivity index (χ4v) is 3.58. The van der Waals surface area contributed by atoms with Crippen molar-refractivity contribution < 1.29 is 9.47 Å². The van der Waals surface area contributed by atoms with Crippen molar-refractivity contribution in [2.24, 2.45) is 0 Å². The Labute approximate surface area is 139 Å². The number of rotatable bonds is 8. The van der Waals surface area contributed by atoms with E-state index in [1.54, 1.807) is 49.5 Å². The maximum Gasteiger partial charge on any atom is 0.0963 e. The highest BCUT2D eigenvalue weighted by Crippen LogP contribution is 2.31. The highest BCUT2D eigenvalue weighted by atomic mass is 32.2. The summed E-state index contributed by atoms with van der Waals surface area (Å²) in [5, 5.41) is 0. The minimum absolute atomic E-state index is 0.688. The molecule has 0 fully saturated rings. The van der Waals surface area contributed by atoms with E-state index in [9.17, 15) is 0 Å². The molecule has 0 aliphatic carbocycles. The zero-order chi connectivity index (χ0) is 14.9. The van der Waals surface area contributed by atoms with Crippen LogP contribution >= 0.6 is 35.3 Å². The van der Waals surface area contributed by atoms with Gasteiger partial charge in [-0.2, -0.15) is 0 Å². The van der Waals surface area contributed by atoms with Crippen LogP contribution in [0.15, 0.2) is 68.1 Å². The summed E-state index contributed by atoms with van der Waals surface area (Å²) in [7, 11) is 3.43. The number of ether oxygens (including phenoxy) is 2. The van der Waals surface area contributed by atoms with Gasteiger partial charge in [0.05, 0.1) is 11.9 Å². The number of hydrogen-bond donors (Lipinski definition) is 0. The molecule has 0 amide bonds. The van der Waals surface area contributed by atoms with Gasteiger partial charge in [0.25, 0.3) is 0 Å². The van der Waals surface area contributed by atoms with E-state index in [4.69, 9.17) is 9.47 Å². The Bertz CT molecular complexity index is 477. The van der Waals surface area contributed by atoms with Crippen molar-refractivity contribution >= 4 is 35.3 Å². The zero-order valence-corrected chi connectivity index (χ0v) is 14.5. The number of hydrogen-bond acceptors (Lipinski definition) is 5. The number of benzene rings is 2. The van der Waals surface area contributed by atoms with Gasteiger partial charge in [-0.05, 0) is 48.5 Å². The molecule has 0 spiro atoms. The molecule has 112 valence electrons. The first kappa shape index (κ1) is 16.8. The summed E-state index contributed by atoms with van der Waals surface area (Å²) < 4.78 is 10.1. The summed E-state index contributed by atoms with van der Waals surface area (Å²) in [5.41, 5.74) is 0. The van der Waals surface area contributed by atoms with Gasteiger partial charge in [0.15, 0.2) is 0 Å². The molecule has 2 rings (SSSR count). The van der Waals surface area contributed by atoms with Gasteiger partial charge < -0.3 is 9.47 Å². The minimum Gasteiger partial charge on any atom is -0.374 e. The SMILES string of the molecule is COCSc1ccc(Sc2ccc(SCOC)cc2)cc1. The molecule has 0 saturated heterocycles. The molecule has 0 aliphatic rings. The van der Waals surface area contributed by atoms with Gasteiger partial charge in [0.2, 0.25) is 0 Å². The average Bonchev–Trinajstić information content (AvgIpc) is 2.53. The molecule has 0 atom stereocenters. The largest absolute Gasteiger partial charge is 0.374 e. The first-order valence-electron chi connectivity index (χ1n) is 6.43. The van der Waals surface area contributed by atoms with Crippen molar-refractivity contribution in [3.05, 3.63) is 48.5 Å². The summed E-state index contributed by atoms with van der Waals surface area (Å²) >= 11 is 5.17. The van der Waals surface area contributed by atoms with Crippen LogP contribution in [0.2, 0.25) is 0 Å². The quantitative estimate of drug-likeness (QED) is 0.483. The maximum absolute atomic E-state index is 5.06. The molecular weight excluding hydrogens is 320 g/mol. The van der Waals surface area contributed by atoms with Crippen molar-refractivity contribution in [2.75, 3.05) is 26.1 Å². The highest BCUT2D eigenvalue weighted by molar-refractivity contribution is 8.00. The predicted molar refractivity (Wildman–Crippen MR) is 92.5 cm³/mol. The van der Waals surface area contributed by atoms with Crippen LogP contribution in [0.25, 0.3) is 0 Å². The molecule has 0 bridgehead atoms. The Morgan fingerprint density at radius 1 is 0.619 bits per heavy atom. The van der Waals surface area contributed by atoms with E-state index in [1.165, 1.54) is 19.6 Å². The van der Waals surface area contributed by atoms with Crippen LogP contribution in [0.5, 0.6) is 0 Å². The standard InChI is InChI=1S/C16H18O2S3/c1-17-11-19-13-3-7-15(8-4-13)21-16-9-5-14(6-10-16)20-12-18-2/h3-10H,11-12H2,1-2H3. The van der Waals surface area contributed by atoms with Gasteiger partial charge in [-0.25, -0.2) is 0 Å². The summed E-state index contributed by atoms with van der Waals surface area (Å²) in [5.74, 6) is 1.38. The lowest BCUT2D eigenvalue weighted by molar-refractivity contribution is 0.259. The molecule has 0 radical (unpaired) electrons. The fourth-order valence-electron chi connectivity index (χ4n) is 1.60. The fraction of sp³-hybridized carbons (Fsp3) is 0.250. The Morgan fingerprint density at radius 3 is 1.29 bits per heavy atom. The number of thioether (sulfide) groups is 2. The zero-order valence-electron chi connectivity index (χ0n) is 12.1. The third-order valence-corrected chi connectivity index (χ3v) is 5.50. The topological polar surface area (TPSA) is 18.5 Å². The van der Waals surface area contributed by atoms with Gasteiger partial charge in [-0.3, -0.25) is 0 Å². The van der Waals surface area contributed by atoms with E-state index < -0.39 is 0 Å². The second-order valence-electron chi connectivity index (χ2n) is 4.15. The second-order valence-corrected chi connectivity index (χ2v) is 7.29. The molecule has 21 heavy (non-hydrogen) atoms. The molecule has 0 unspecified atom stereocenters. The van der Waals surface area contributed by atoms with Crippen LogP contribution in [-0.2, 0) is 9.47 Å². The third-order valence-electron chi connectivity index (χ3n) is 2.57. The van der Waals surface area contributed by atoms with Gasteiger partial charge in [0, 0.05) is 33.8 Å². The maximum atomic E-state index is 5.06. The van der Waals surface area contributed by atoms with Crippen LogP contribution in [0.1, 0.15) is 0 Å². The van der Waals surface area contributed by atoms with Crippen molar-refractivity contribution in [3.8, 4) is 0 Å². The van der Waals surface area contributed by atoms with Crippen molar-refractivity contribution in [3.63, 3.8) is 0 Å². The Hall–Kier alpha value is -0.590. The summed E-state index contributed by atoms with van der Waals surface area (Å²) in [4.78, 5) is 4.95. The van der Waals surface area contributed by atoms with E-state index in [2.05, 4.69) is 48.5 Å². The lowest BCUT2D eigenvalue weighted by Gasteiger charge is -2.05. The monoisotopic (exact) mass is 338 g/mol. The molecule has 0 aliphatic heterocycles. The molecule has 0 heterocycles. The van der Waals surface area contributed by atoms with E-state index in [1.807, 2.05) is 0 Å². The molecule has 2 nitrogen and oxygen atoms in total. The Kier molecular flexibility index (Phi) is 7.53. The van der Waals surface area contributed by atoms with Crippen LogP contribution < -0.4 is 0 Å². The van der Waals surface area contributed by atoms with Crippen molar-refractivity contribution in [1.82, 2.24) is 0 Å². The van der Waals surface area contributed by atoms with Crippen LogP contribution in [-0.4, -0.2) is 26.1 Å². The minimum atomic E-state index is 0.688. The second kappa shape index (κ2) is 9.43. The Balaban J connectivity index is 1.91.